The molecule has 0 aromatic heterocycles. The first-order valence-corrected chi connectivity index (χ1v) is 4.80. The van der Waals surface area contributed by atoms with E-state index in [9.17, 15) is 0 Å². The van der Waals surface area contributed by atoms with Crippen molar-refractivity contribution in [2.45, 2.75) is 12.7 Å². The molecule has 0 aliphatic heterocycles. The molecule has 60 valence electrons. The molecule has 1 rings (SSSR count). The molecule has 0 bridgehead atoms. The highest BCUT2D eigenvalue weighted by Gasteiger charge is 1.88. The lowest BCUT2D eigenvalue weighted by molar-refractivity contribution is 1.03. The summed E-state index contributed by atoms with van der Waals surface area (Å²) >= 11 is 1.76. The lowest BCUT2D eigenvalue weighted by atomic mass is 10.2. The molecule has 0 radical (unpaired) electrons. The van der Waals surface area contributed by atoms with Crippen LogP contribution < -0.4 is 4.72 Å². The minimum Gasteiger partial charge on any atom is -0.264 e. The van der Waals surface area contributed by atoms with E-state index in [1.54, 1.807) is 11.9 Å². The molecular weight excluding hydrogens is 154 g/mol. The SMILES string of the molecule is CCNSCc1ccccc1. The maximum atomic E-state index is 3.21. The molecule has 1 aromatic carbocycles. The van der Waals surface area contributed by atoms with Crippen LogP contribution in [-0.2, 0) is 5.75 Å². The van der Waals surface area contributed by atoms with E-state index < -0.39 is 0 Å². The average molecular weight is 167 g/mol. The van der Waals surface area contributed by atoms with Gasteiger partial charge in [0, 0.05) is 12.3 Å². The Bertz CT molecular complexity index is 186. The minimum absolute atomic E-state index is 1.03. The van der Waals surface area contributed by atoms with Gasteiger partial charge in [0.2, 0.25) is 0 Å². The smallest absolute Gasteiger partial charge is 0.0330 e. The van der Waals surface area contributed by atoms with Crippen molar-refractivity contribution in [3.63, 3.8) is 0 Å². The summed E-state index contributed by atoms with van der Waals surface area (Å²) in [5.74, 6) is 1.05. The Balaban J connectivity index is 2.28. The fraction of sp³-hybridized carbons (Fsp3) is 0.333. The Kier molecular flexibility index (Phi) is 4.09. The van der Waals surface area contributed by atoms with Gasteiger partial charge in [-0.05, 0) is 5.56 Å². The normalized spacial score (nSPS) is 9.91. The molecule has 1 nitrogen and oxygen atoms in total. The van der Waals surface area contributed by atoms with Gasteiger partial charge in [0.05, 0.1) is 0 Å². The van der Waals surface area contributed by atoms with Crippen molar-refractivity contribution in [1.82, 2.24) is 4.72 Å². The Morgan fingerprint density at radius 2 is 2.00 bits per heavy atom. The van der Waals surface area contributed by atoms with Crippen LogP contribution in [0.25, 0.3) is 0 Å². The van der Waals surface area contributed by atoms with Crippen molar-refractivity contribution >= 4 is 11.9 Å². The summed E-state index contributed by atoms with van der Waals surface area (Å²) in [7, 11) is 0. The molecule has 2 heteroatoms. The van der Waals surface area contributed by atoms with Gasteiger partial charge in [-0.15, -0.1) is 0 Å². The van der Waals surface area contributed by atoms with Crippen LogP contribution in [0.5, 0.6) is 0 Å². The second kappa shape index (κ2) is 5.22. The summed E-state index contributed by atoms with van der Waals surface area (Å²) in [6.45, 7) is 3.13. The van der Waals surface area contributed by atoms with Crippen LogP contribution in [-0.4, -0.2) is 6.54 Å². The first-order valence-electron chi connectivity index (χ1n) is 3.82. The molecular formula is C9H13NS. The molecule has 0 aliphatic rings. The van der Waals surface area contributed by atoms with Gasteiger partial charge >= 0.3 is 0 Å². The molecule has 0 heterocycles. The molecule has 0 saturated carbocycles. The quantitative estimate of drug-likeness (QED) is 0.546. The summed E-state index contributed by atoms with van der Waals surface area (Å²) in [5, 5.41) is 0. The van der Waals surface area contributed by atoms with Crippen LogP contribution in [0.1, 0.15) is 12.5 Å². The number of rotatable bonds is 4. The van der Waals surface area contributed by atoms with Crippen LogP contribution >= 0.6 is 11.9 Å². The molecule has 11 heavy (non-hydrogen) atoms. The molecule has 0 fully saturated rings. The van der Waals surface area contributed by atoms with Gasteiger partial charge in [-0.2, -0.15) is 0 Å². The standard InChI is InChI=1S/C9H13NS/c1-2-10-11-8-9-6-4-3-5-7-9/h3-7,10H,2,8H2,1H3. The highest BCUT2D eigenvalue weighted by Crippen LogP contribution is 2.07. The Hall–Kier alpha value is -0.470. The highest BCUT2D eigenvalue weighted by atomic mass is 32.2. The maximum Gasteiger partial charge on any atom is 0.0330 e. The fourth-order valence-electron chi connectivity index (χ4n) is 0.811. The average Bonchev–Trinajstić information content (AvgIpc) is 2.07. The Morgan fingerprint density at radius 1 is 1.27 bits per heavy atom. The van der Waals surface area contributed by atoms with Gasteiger partial charge in [-0.25, -0.2) is 0 Å². The van der Waals surface area contributed by atoms with Gasteiger partial charge < -0.3 is 0 Å². The van der Waals surface area contributed by atoms with E-state index in [0.717, 1.165) is 12.3 Å². The van der Waals surface area contributed by atoms with Gasteiger partial charge in [0.1, 0.15) is 0 Å². The van der Waals surface area contributed by atoms with Crippen molar-refractivity contribution < 1.29 is 0 Å². The van der Waals surface area contributed by atoms with E-state index in [0.29, 0.717) is 0 Å². The van der Waals surface area contributed by atoms with Gasteiger partial charge in [0.15, 0.2) is 0 Å². The number of hydrogen-bond donors (Lipinski definition) is 1. The van der Waals surface area contributed by atoms with E-state index in [1.165, 1.54) is 5.56 Å². The zero-order valence-electron chi connectivity index (χ0n) is 6.71. The van der Waals surface area contributed by atoms with Crippen LogP contribution in [0.15, 0.2) is 30.3 Å². The fourth-order valence-corrected chi connectivity index (χ4v) is 1.48. The van der Waals surface area contributed by atoms with Gasteiger partial charge in [0.25, 0.3) is 0 Å². The predicted octanol–water partition coefficient (Wildman–Crippen LogP) is 2.44. The van der Waals surface area contributed by atoms with Crippen molar-refractivity contribution in [3.8, 4) is 0 Å². The first kappa shape index (κ1) is 8.62. The molecule has 0 aliphatic carbocycles. The molecule has 1 aromatic rings. The van der Waals surface area contributed by atoms with E-state index in [1.807, 2.05) is 6.07 Å². The molecule has 0 atom stereocenters. The van der Waals surface area contributed by atoms with E-state index >= 15 is 0 Å². The second-order valence-electron chi connectivity index (χ2n) is 2.27. The van der Waals surface area contributed by atoms with Crippen LogP contribution in [0.2, 0.25) is 0 Å². The lowest BCUT2D eigenvalue weighted by Crippen LogP contribution is -2.00. The zero-order chi connectivity index (χ0) is 7.94. The highest BCUT2D eigenvalue weighted by molar-refractivity contribution is 7.96. The number of nitrogens with one attached hydrogen (secondary N) is 1. The van der Waals surface area contributed by atoms with Crippen molar-refractivity contribution in [3.05, 3.63) is 35.9 Å². The molecule has 0 saturated heterocycles. The zero-order valence-corrected chi connectivity index (χ0v) is 7.53. The van der Waals surface area contributed by atoms with Crippen LogP contribution in [0.3, 0.4) is 0 Å². The van der Waals surface area contributed by atoms with Gasteiger partial charge in [-0.1, -0.05) is 49.2 Å². The summed E-state index contributed by atoms with van der Waals surface area (Å²) < 4.78 is 3.21. The Morgan fingerprint density at radius 3 is 2.64 bits per heavy atom. The van der Waals surface area contributed by atoms with E-state index in [4.69, 9.17) is 0 Å². The third-order valence-corrected chi connectivity index (χ3v) is 2.30. The van der Waals surface area contributed by atoms with Gasteiger partial charge in [-0.3, -0.25) is 4.72 Å². The number of benzene rings is 1. The summed E-state index contributed by atoms with van der Waals surface area (Å²) in [6.07, 6.45) is 0. The third kappa shape index (κ3) is 3.44. The van der Waals surface area contributed by atoms with E-state index in [2.05, 4.69) is 35.9 Å². The van der Waals surface area contributed by atoms with Crippen LogP contribution in [0, 0.1) is 0 Å². The molecule has 1 N–H and O–H groups in total. The first-order chi connectivity index (χ1) is 5.43. The predicted molar refractivity (Wildman–Crippen MR) is 51.4 cm³/mol. The largest absolute Gasteiger partial charge is 0.264 e. The summed E-state index contributed by atoms with van der Waals surface area (Å²) in [5.41, 5.74) is 1.37. The minimum atomic E-state index is 1.03. The topological polar surface area (TPSA) is 12.0 Å². The molecule has 0 amide bonds. The maximum absolute atomic E-state index is 3.21. The lowest BCUT2D eigenvalue weighted by Gasteiger charge is -1.99. The third-order valence-electron chi connectivity index (χ3n) is 1.33. The Labute approximate surface area is 72.3 Å². The molecule has 0 spiro atoms. The van der Waals surface area contributed by atoms with E-state index in [-0.39, 0.29) is 0 Å². The monoisotopic (exact) mass is 167 g/mol. The number of hydrogen-bond acceptors (Lipinski definition) is 2. The molecule has 0 unspecified atom stereocenters. The summed E-state index contributed by atoms with van der Waals surface area (Å²) in [4.78, 5) is 0. The van der Waals surface area contributed by atoms with Crippen molar-refractivity contribution in [2.24, 2.45) is 0 Å². The summed E-state index contributed by atoms with van der Waals surface area (Å²) in [6, 6.07) is 10.5. The van der Waals surface area contributed by atoms with Crippen LogP contribution in [0.4, 0.5) is 0 Å². The van der Waals surface area contributed by atoms with Crippen molar-refractivity contribution in [1.29, 1.82) is 0 Å². The van der Waals surface area contributed by atoms with Crippen molar-refractivity contribution in [2.75, 3.05) is 6.54 Å². The second-order valence-corrected chi connectivity index (χ2v) is 3.14.